The Kier molecular flexibility index (Phi) is 5.29. The van der Waals surface area contributed by atoms with Crippen molar-refractivity contribution in [2.45, 2.75) is 17.9 Å². The van der Waals surface area contributed by atoms with Crippen LogP contribution in [0.2, 0.25) is 0 Å². The molecule has 7 nitrogen and oxygen atoms in total. The highest BCUT2D eigenvalue weighted by Crippen LogP contribution is 2.26. The van der Waals surface area contributed by atoms with Gasteiger partial charge in [-0.05, 0) is 23.3 Å². The zero-order chi connectivity index (χ0) is 19.6. The monoisotopic (exact) mass is 388 g/mol. The Morgan fingerprint density at radius 1 is 1.00 bits per heavy atom. The standard InChI is InChI=1S/C19H20N2O5S/c1-14(22)20-10-11-21(18(13-20)19(23)24)27(25,26)17-9-5-8-16(12-17)15-6-3-2-4-7-15/h2-9,12,18H,10-11,13H2,1H3,(H,23,24). The van der Waals surface area contributed by atoms with Crippen LogP contribution in [-0.2, 0) is 19.6 Å². The zero-order valence-electron chi connectivity index (χ0n) is 14.8. The van der Waals surface area contributed by atoms with Crippen LogP contribution in [0.25, 0.3) is 11.1 Å². The molecule has 0 bridgehead atoms. The molecule has 1 saturated heterocycles. The van der Waals surface area contributed by atoms with Gasteiger partial charge in [0.1, 0.15) is 6.04 Å². The highest BCUT2D eigenvalue weighted by atomic mass is 32.2. The van der Waals surface area contributed by atoms with E-state index in [9.17, 15) is 23.1 Å². The lowest BCUT2D eigenvalue weighted by Crippen LogP contribution is -2.58. The minimum atomic E-state index is -4.02. The van der Waals surface area contributed by atoms with E-state index >= 15 is 0 Å². The maximum absolute atomic E-state index is 13.1. The normalized spacial score (nSPS) is 18.3. The van der Waals surface area contributed by atoms with Crippen LogP contribution in [0.15, 0.2) is 59.5 Å². The summed E-state index contributed by atoms with van der Waals surface area (Å²) in [7, 11) is -4.02. The fourth-order valence-electron chi connectivity index (χ4n) is 3.14. The van der Waals surface area contributed by atoms with Crippen molar-refractivity contribution in [2.75, 3.05) is 19.6 Å². The van der Waals surface area contributed by atoms with Crippen LogP contribution in [0, 0.1) is 0 Å². The summed E-state index contributed by atoms with van der Waals surface area (Å²) in [5.41, 5.74) is 1.59. The molecule has 27 heavy (non-hydrogen) atoms. The molecule has 0 aromatic heterocycles. The van der Waals surface area contributed by atoms with E-state index in [-0.39, 0.29) is 30.4 Å². The zero-order valence-corrected chi connectivity index (χ0v) is 15.6. The van der Waals surface area contributed by atoms with Crippen molar-refractivity contribution >= 4 is 21.9 Å². The van der Waals surface area contributed by atoms with Crippen LogP contribution in [0.3, 0.4) is 0 Å². The van der Waals surface area contributed by atoms with Crippen LogP contribution in [-0.4, -0.2) is 60.3 Å². The summed E-state index contributed by atoms with van der Waals surface area (Å²) in [5, 5.41) is 9.51. The van der Waals surface area contributed by atoms with Gasteiger partial charge in [-0.2, -0.15) is 4.31 Å². The summed E-state index contributed by atoms with van der Waals surface area (Å²) in [4.78, 5) is 24.6. The molecule has 1 aliphatic rings. The highest BCUT2D eigenvalue weighted by molar-refractivity contribution is 7.89. The average Bonchev–Trinajstić information content (AvgIpc) is 2.68. The van der Waals surface area contributed by atoms with Crippen molar-refractivity contribution in [3.63, 3.8) is 0 Å². The number of rotatable bonds is 4. The molecule has 0 radical (unpaired) electrons. The van der Waals surface area contributed by atoms with Crippen LogP contribution >= 0.6 is 0 Å². The molecule has 0 aliphatic carbocycles. The number of carboxylic acids is 1. The van der Waals surface area contributed by atoms with Gasteiger partial charge in [-0.3, -0.25) is 9.59 Å². The molecular weight excluding hydrogens is 368 g/mol. The van der Waals surface area contributed by atoms with Crippen LogP contribution < -0.4 is 0 Å². The summed E-state index contributed by atoms with van der Waals surface area (Å²) in [6.45, 7) is 1.28. The van der Waals surface area contributed by atoms with E-state index in [1.54, 1.807) is 18.2 Å². The number of aliphatic carboxylic acids is 1. The number of carboxylic acid groups (broad SMARTS) is 1. The summed E-state index contributed by atoms with van der Waals surface area (Å²) in [6.07, 6.45) is 0. The molecule has 1 atom stereocenters. The molecule has 8 heteroatoms. The Bertz CT molecular complexity index is 959. The summed E-state index contributed by atoms with van der Waals surface area (Å²) in [5.74, 6) is -1.55. The minimum absolute atomic E-state index is 0.0337. The lowest BCUT2D eigenvalue weighted by molar-refractivity contribution is -0.145. The first-order valence-electron chi connectivity index (χ1n) is 8.46. The predicted octanol–water partition coefficient (Wildman–Crippen LogP) is 1.66. The van der Waals surface area contributed by atoms with E-state index in [4.69, 9.17) is 0 Å². The number of piperazine rings is 1. The number of carbonyl (C=O) groups is 2. The van der Waals surface area contributed by atoms with E-state index in [1.165, 1.54) is 17.9 Å². The number of hydrogen-bond acceptors (Lipinski definition) is 4. The topological polar surface area (TPSA) is 95.0 Å². The number of sulfonamides is 1. The second kappa shape index (κ2) is 7.50. The SMILES string of the molecule is CC(=O)N1CCN(S(=O)(=O)c2cccc(-c3ccccc3)c2)C(C(=O)O)C1. The lowest BCUT2D eigenvalue weighted by atomic mass is 10.1. The molecule has 1 amide bonds. The van der Waals surface area contributed by atoms with Crippen molar-refractivity contribution in [3.8, 4) is 11.1 Å². The summed E-state index contributed by atoms with van der Waals surface area (Å²) in [6, 6.07) is 14.5. The number of carbonyl (C=O) groups excluding carboxylic acids is 1. The lowest BCUT2D eigenvalue weighted by Gasteiger charge is -2.38. The molecule has 0 spiro atoms. The molecule has 2 aromatic carbocycles. The van der Waals surface area contributed by atoms with Crippen LogP contribution in [0.5, 0.6) is 0 Å². The first-order chi connectivity index (χ1) is 12.8. The fourth-order valence-corrected chi connectivity index (χ4v) is 4.75. The van der Waals surface area contributed by atoms with Crippen molar-refractivity contribution in [1.82, 2.24) is 9.21 Å². The Labute approximate surface area is 157 Å². The van der Waals surface area contributed by atoms with Gasteiger partial charge in [0.05, 0.1) is 4.90 Å². The third kappa shape index (κ3) is 3.86. The number of hydrogen-bond donors (Lipinski definition) is 1. The second-order valence-electron chi connectivity index (χ2n) is 6.33. The largest absolute Gasteiger partial charge is 0.480 e. The minimum Gasteiger partial charge on any atom is -0.480 e. The van der Waals surface area contributed by atoms with Gasteiger partial charge in [-0.15, -0.1) is 0 Å². The summed E-state index contributed by atoms with van der Waals surface area (Å²) >= 11 is 0. The first-order valence-corrected chi connectivity index (χ1v) is 9.90. The van der Waals surface area contributed by atoms with E-state index < -0.39 is 22.0 Å². The molecule has 3 rings (SSSR count). The van der Waals surface area contributed by atoms with Crippen molar-refractivity contribution < 1.29 is 23.1 Å². The van der Waals surface area contributed by atoms with Gasteiger partial charge in [0.2, 0.25) is 15.9 Å². The number of benzene rings is 2. The molecule has 0 saturated carbocycles. The number of nitrogens with zero attached hydrogens (tertiary/aromatic N) is 2. The molecule has 1 N–H and O–H groups in total. The Morgan fingerprint density at radius 2 is 1.67 bits per heavy atom. The van der Waals surface area contributed by atoms with Gasteiger partial charge in [0.15, 0.2) is 0 Å². The van der Waals surface area contributed by atoms with Gasteiger partial charge in [-0.25, -0.2) is 8.42 Å². The molecule has 1 aliphatic heterocycles. The fraction of sp³-hybridized carbons (Fsp3) is 0.263. The van der Waals surface area contributed by atoms with Gasteiger partial charge >= 0.3 is 5.97 Å². The average molecular weight is 388 g/mol. The van der Waals surface area contributed by atoms with Gasteiger partial charge in [-0.1, -0.05) is 42.5 Å². The maximum atomic E-state index is 13.1. The van der Waals surface area contributed by atoms with Crippen LogP contribution in [0.4, 0.5) is 0 Å². The molecule has 1 fully saturated rings. The maximum Gasteiger partial charge on any atom is 0.323 e. The molecular formula is C19H20N2O5S. The van der Waals surface area contributed by atoms with E-state index in [1.807, 2.05) is 30.3 Å². The van der Waals surface area contributed by atoms with E-state index in [0.29, 0.717) is 0 Å². The molecule has 142 valence electrons. The van der Waals surface area contributed by atoms with Gasteiger partial charge in [0, 0.05) is 26.6 Å². The summed E-state index contributed by atoms with van der Waals surface area (Å²) < 4.78 is 27.2. The number of amides is 1. The van der Waals surface area contributed by atoms with Gasteiger partial charge < -0.3 is 10.0 Å². The van der Waals surface area contributed by atoms with Crippen molar-refractivity contribution in [2.24, 2.45) is 0 Å². The van der Waals surface area contributed by atoms with Crippen molar-refractivity contribution in [1.29, 1.82) is 0 Å². The molecule has 2 aromatic rings. The Balaban J connectivity index is 1.96. The van der Waals surface area contributed by atoms with Crippen molar-refractivity contribution in [3.05, 3.63) is 54.6 Å². The Morgan fingerprint density at radius 3 is 2.30 bits per heavy atom. The third-order valence-corrected chi connectivity index (χ3v) is 6.51. The Hall–Kier alpha value is -2.71. The van der Waals surface area contributed by atoms with Crippen LogP contribution in [0.1, 0.15) is 6.92 Å². The highest BCUT2D eigenvalue weighted by Gasteiger charge is 2.40. The quantitative estimate of drug-likeness (QED) is 0.860. The van der Waals surface area contributed by atoms with E-state index in [0.717, 1.165) is 15.4 Å². The smallest absolute Gasteiger partial charge is 0.323 e. The first kappa shape index (κ1) is 19.1. The third-order valence-electron chi connectivity index (χ3n) is 4.61. The molecule has 1 heterocycles. The van der Waals surface area contributed by atoms with E-state index in [2.05, 4.69) is 0 Å². The second-order valence-corrected chi connectivity index (χ2v) is 8.22. The predicted molar refractivity (Wildman–Crippen MR) is 99.4 cm³/mol. The van der Waals surface area contributed by atoms with Gasteiger partial charge in [0.25, 0.3) is 0 Å². The molecule has 1 unspecified atom stereocenters.